The lowest BCUT2D eigenvalue weighted by Crippen LogP contribution is -2.30. The van der Waals surface area contributed by atoms with Gasteiger partial charge in [-0.15, -0.1) is 0 Å². The molecule has 2 aromatic rings. The minimum Gasteiger partial charge on any atom is -0.322 e. The molecule has 2 rings (SSSR count). The third-order valence-corrected chi connectivity index (χ3v) is 3.62. The monoisotopic (exact) mass is 340 g/mol. The molecule has 0 spiro atoms. The largest absolute Gasteiger partial charge is 0.322 e. The summed E-state index contributed by atoms with van der Waals surface area (Å²) in [4.78, 5) is 13.8. The Bertz CT molecular complexity index is 679. The number of amides is 1. The number of benzene rings is 2. The van der Waals surface area contributed by atoms with Crippen LogP contribution < -0.4 is 5.32 Å². The second-order valence-electron chi connectivity index (χ2n) is 4.94. The summed E-state index contributed by atoms with van der Waals surface area (Å²) >= 11 is 11.9. The van der Waals surface area contributed by atoms with Crippen molar-refractivity contribution in [1.29, 1.82) is 0 Å². The van der Waals surface area contributed by atoms with Crippen LogP contribution in [0.4, 0.5) is 10.1 Å². The highest BCUT2D eigenvalue weighted by Crippen LogP contribution is 2.20. The molecule has 0 aliphatic heterocycles. The number of nitrogens with zero attached hydrogens (tertiary/aromatic N) is 1. The number of halogens is 3. The molecular formula is C16H15Cl2FN2O. The first kappa shape index (κ1) is 16.7. The lowest BCUT2D eigenvalue weighted by molar-refractivity contribution is -0.117. The van der Waals surface area contributed by atoms with E-state index in [1.54, 1.807) is 18.0 Å². The van der Waals surface area contributed by atoms with Crippen LogP contribution in [0.1, 0.15) is 5.56 Å². The van der Waals surface area contributed by atoms with Crippen LogP contribution in [0.2, 0.25) is 10.0 Å². The maximum absolute atomic E-state index is 13.6. The van der Waals surface area contributed by atoms with Crippen molar-refractivity contribution in [2.75, 3.05) is 18.9 Å². The summed E-state index contributed by atoms with van der Waals surface area (Å²) in [6.07, 6.45) is 0. The van der Waals surface area contributed by atoms with E-state index in [-0.39, 0.29) is 18.1 Å². The van der Waals surface area contributed by atoms with Gasteiger partial charge in [-0.2, -0.15) is 0 Å². The predicted octanol–water partition coefficient (Wildman–Crippen LogP) is 4.20. The van der Waals surface area contributed by atoms with Crippen molar-refractivity contribution in [2.24, 2.45) is 0 Å². The molecule has 0 unspecified atom stereocenters. The van der Waals surface area contributed by atoms with Gasteiger partial charge in [0, 0.05) is 16.6 Å². The maximum atomic E-state index is 13.6. The van der Waals surface area contributed by atoms with Crippen LogP contribution in [0.5, 0.6) is 0 Å². The molecule has 22 heavy (non-hydrogen) atoms. The van der Waals surface area contributed by atoms with Crippen molar-refractivity contribution >= 4 is 34.8 Å². The van der Waals surface area contributed by atoms with Gasteiger partial charge in [0.05, 0.1) is 12.2 Å². The summed E-state index contributed by atoms with van der Waals surface area (Å²) in [7, 11) is 1.79. The lowest BCUT2D eigenvalue weighted by Gasteiger charge is -2.17. The zero-order chi connectivity index (χ0) is 16.1. The Morgan fingerprint density at radius 1 is 1.23 bits per heavy atom. The van der Waals surface area contributed by atoms with E-state index in [2.05, 4.69) is 5.32 Å². The molecule has 2 aromatic carbocycles. The predicted molar refractivity (Wildman–Crippen MR) is 87.8 cm³/mol. The van der Waals surface area contributed by atoms with Gasteiger partial charge in [0.2, 0.25) is 5.91 Å². The van der Waals surface area contributed by atoms with Crippen molar-refractivity contribution < 1.29 is 9.18 Å². The highest BCUT2D eigenvalue weighted by molar-refractivity contribution is 6.31. The zero-order valence-corrected chi connectivity index (χ0v) is 13.5. The van der Waals surface area contributed by atoms with Crippen LogP contribution in [-0.4, -0.2) is 24.4 Å². The van der Waals surface area contributed by atoms with Crippen molar-refractivity contribution in [3.63, 3.8) is 0 Å². The van der Waals surface area contributed by atoms with E-state index >= 15 is 0 Å². The molecule has 0 saturated heterocycles. The van der Waals surface area contributed by atoms with Crippen molar-refractivity contribution in [1.82, 2.24) is 4.90 Å². The Morgan fingerprint density at radius 3 is 2.68 bits per heavy atom. The second kappa shape index (κ2) is 7.58. The highest BCUT2D eigenvalue weighted by atomic mass is 35.5. The Hall–Kier alpha value is -1.62. The van der Waals surface area contributed by atoms with Crippen LogP contribution in [0.15, 0.2) is 42.5 Å². The Balaban J connectivity index is 1.94. The smallest absolute Gasteiger partial charge is 0.238 e. The molecule has 6 heteroatoms. The van der Waals surface area contributed by atoms with E-state index in [1.165, 1.54) is 18.2 Å². The Kier molecular flexibility index (Phi) is 5.77. The average molecular weight is 341 g/mol. The molecule has 1 N–H and O–H groups in total. The molecule has 0 saturated carbocycles. The lowest BCUT2D eigenvalue weighted by atomic mass is 10.2. The first-order valence-electron chi connectivity index (χ1n) is 6.62. The number of likely N-dealkylation sites (N-methyl/N-ethyl adjacent to an activating group) is 1. The minimum atomic E-state index is -0.522. The summed E-state index contributed by atoms with van der Waals surface area (Å²) < 4.78 is 13.6. The molecule has 0 radical (unpaired) electrons. The van der Waals surface area contributed by atoms with Crippen LogP contribution in [0, 0.1) is 5.82 Å². The summed E-state index contributed by atoms with van der Waals surface area (Å²) in [6, 6.07) is 11.4. The number of carbonyl (C=O) groups excluding carboxylic acids is 1. The number of hydrogen-bond acceptors (Lipinski definition) is 2. The molecule has 0 heterocycles. The summed E-state index contributed by atoms with van der Waals surface area (Å²) in [5.74, 6) is -0.845. The van der Waals surface area contributed by atoms with Crippen molar-refractivity contribution in [2.45, 2.75) is 6.54 Å². The molecule has 3 nitrogen and oxygen atoms in total. The van der Waals surface area contributed by atoms with Crippen LogP contribution in [0.3, 0.4) is 0 Å². The zero-order valence-electron chi connectivity index (χ0n) is 11.9. The number of anilines is 1. The van der Waals surface area contributed by atoms with E-state index in [0.717, 1.165) is 5.56 Å². The van der Waals surface area contributed by atoms with Gasteiger partial charge >= 0.3 is 0 Å². The molecule has 0 fully saturated rings. The van der Waals surface area contributed by atoms with E-state index < -0.39 is 5.82 Å². The van der Waals surface area contributed by atoms with E-state index in [9.17, 15) is 9.18 Å². The summed E-state index contributed by atoms with van der Waals surface area (Å²) in [5.41, 5.74) is 0.997. The Morgan fingerprint density at radius 2 is 1.95 bits per heavy atom. The molecular weight excluding hydrogens is 326 g/mol. The van der Waals surface area contributed by atoms with Gasteiger partial charge in [-0.25, -0.2) is 4.39 Å². The average Bonchev–Trinajstić information content (AvgIpc) is 2.45. The molecule has 0 atom stereocenters. The molecule has 0 aliphatic carbocycles. The van der Waals surface area contributed by atoms with Crippen molar-refractivity contribution in [3.8, 4) is 0 Å². The summed E-state index contributed by atoms with van der Waals surface area (Å²) in [6.45, 7) is 0.627. The van der Waals surface area contributed by atoms with Gasteiger partial charge in [0.25, 0.3) is 0 Å². The van der Waals surface area contributed by atoms with Gasteiger partial charge in [0.1, 0.15) is 5.82 Å². The fourth-order valence-corrected chi connectivity index (χ4v) is 2.37. The van der Waals surface area contributed by atoms with E-state index in [4.69, 9.17) is 23.2 Å². The molecule has 0 aromatic heterocycles. The maximum Gasteiger partial charge on any atom is 0.238 e. The number of nitrogens with one attached hydrogen (secondary N) is 1. The molecule has 0 aliphatic rings. The van der Waals surface area contributed by atoms with E-state index in [0.29, 0.717) is 16.6 Å². The first-order chi connectivity index (χ1) is 10.5. The number of carbonyl (C=O) groups is 1. The van der Waals surface area contributed by atoms with Gasteiger partial charge in [0.15, 0.2) is 0 Å². The molecule has 116 valence electrons. The Labute approximate surface area is 138 Å². The van der Waals surface area contributed by atoms with Gasteiger partial charge in [-0.1, -0.05) is 41.4 Å². The number of rotatable bonds is 5. The van der Waals surface area contributed by atoms with Crippen LogP contribution >= 0.6 is 23.2 Å². The van der Waals surface area contributed by atoms with Gasteiger partial charge in [-0.3, -0.25) is 9.69 Å². The minimum absolute atomic E-state index is 0.0728. The quantitative estimate of drug-likeness (QED) is 0.884. The molecule has 1 amide bonds. The summed E-state index contributed by atoms with van der Waals surface area (Å²) in [5, 5.41) is 3.52. The van der Waals surface area contributed by atoms with Crippen LogP contribution in [-0.2, 0) is 11.3 Å². The third-order valence-electron chi connectivity index (χ3n) is 3.01. The SMILES string of the molecule is CN(CC(=O)Nc1cc(Cl)ccc1F)Cc1ccccc1Cl. The van der Waals surface area contributed by atoms with Gasteiger partial charge < -0.3 is 5.32 Å². The topological polar surface area (TPSA) is 32.3 Å². The fraction of sp³-hybridized carbons (Fsp3) is 0.188. The first-order valence-corrected chi connectivity index (χ1v) is 7.38. The third kappa shape index (κ3) is 4.70. The normalized spacial score (nSPS) is 10.8. The van der Waals surface area contributed by atoms with E-state index in [1.807, 2.05) is 18.2 Å². The molecule has 0 bridgehead atoms. The second-order valence-corrected chi connectivity index (χ2v) is 5.78. The highest BCUT2D eigenvalue weighted by Gasteiger charge is 2.11. The van der Waals surface area contributed by atoms with Crippen molar-refractivity contribution in [3.05, 3.63) is 63.9 Å². The standard InChI is InChI=1S/C16H15Cl2FN2O/c1-21(9-11-4-2-3-5-13(11)18)10-16(22)20-15-8-12(17)6-7-14(15)19/h2-8H,9-10H2,1H3,(H,20,22). The number of hydrogen-bond donors (Lipinski definition) is 1. The fourth-order valence-electron chi connectivity index (χ4n) is 2.00. The van der Waals surface area contributed by atoms with Crippen LogP contribution in [0.25, 0.3) is 0 Å². The van der Waals surface area contributed by atoms with Gasteiger partial charge in [-0.05, 0) is 36.9 Å².